The van der Waals surface area contributed by atoms with E-state index < -0.39 is 0 Å². The SMILES string of the molecule is c1ccc(N2CCN(C3CN(Cc4ncc(C5CC5)o4)C3)CC2)nc1. The predicted molar refractivity (Wildman–Crippen MR) is 95.6 cm³/mol. The first-order chi connectivity index (χ1) is 12.3. The van der Waals surface area contributed by atoms with Crippen LogP contribution in [0.5, 0.6) is 0 Å². The van der Waals surface area contributed by atoms with Gasteiger partial charge < -0.3 is 9.32 Å². The third-order valence-electron chi connectivity index (χ3n) is 5.65. The van der Waals surface area contributed by atoms with Crippen LogP contribution in [0.2, 0.25) is 0 Å². The molecule has 6 nitrogen and oxygen atoms in total. The summed E-state index contributed by atoms with van der Waals surface area (Å²) < 4.78 is 5.88. The van der Waals surface area contributed by atoms with Crippen LogP contribution in [0.15, 0.2) is 35.0 Å². The second-order valence-electron chi connectivity index (χ2n) is 7.49. The highest BCUT2D eigenvalue weighted by atomic mass is 16.4. The van der Waals surface area contributed by atoms with E-state index in [9.17, 15) is 0 Å². The molecule has 6 heteroatoms. The molecule has 0 aromatic carbocycles. The third kappa shape index (κ3) is 3.28. The van der Waals surface area contributed by atoms with Crippen molar-refractivity contribution in [2.45, 2.75) is 31.3 Å². The number of pyridine rings is 1. The second kappa shape index (κ2) is 6.42. The highest BCUT2D eigenvalue weighted by molar-refractivity contribution is 5.38. The van der Waals surface area contributed by atoms with Crippen LogP contribution in [0.3, 0.4) is 0 Å². The van der Waals surface area contributed by atoms with Crippen LogP contribution in [0.25, 0.3) is 0 Å². The van der Waals surface area contributed by atoms with Crippen LogP contribution in [-0.2, 0) is 6.54 Å². The Labute approximate surface area is 148 Å². The van der Waals surface area contributed by atoms with Gasteiger partial charge in [-0.2, -0.15) is 0 Å². The van der Waals surface area contributed by atoms with Gasteiger partial charge in [-0.25, -0.2) is 9.97 Å². The molecule has 2 saturated heterocycles. The molecule has 0 amide bonds. The van der Waals surface area contributed by atoms with Crippen LogP contribution in [0, 0.1) is 0 Å². The van der Waals surface area contributed by atoms with Gasteiger partial charge in [-0.05, 0) is 25.0 Å². The van der Waals surface area contributed by atoms with Crippen molar-refractivity contribution in [3.05, 3.63) is 42.2 Å². The zero-order valence-electron chi connectivity index (χ0n) is 14.5. The van der Waals surface area contributed by atoms with E-state index in [0.717, 1.165) is 63.3 Å². The van der Waals surface area contributed by atoms with Crippen molar-refractivity contribution in [2.75, 3.05) is 44.2 Å². The Morgan fingerprint density at radius 3 is 2.60 bits per heavy atom. The Morgan fingerprint density at radius 2 is 1.88 bits per heavy atom. The number of rotatable bonds is 5. The largest absolute Gasteiger partial charge is 0.444 e. The van der Waals surface area contributed by atoms with Gasteiger partial charge in [-0.1, -0.05) is 6.07 Å². The summed E-state index contributed by atoms with van der Waals surface area (Å²) in [5, 5.41) is 0. The molecule has 25 heavy (non-hydrogen) atoms. The summed E-state index contributed by atoms with van der Waals surface area (Å²) in [4.78, 5) is 16.4. The van der Waals surface area contributed by atoms with Crippen LogP contribution >= 0.6 is 0 Å². The monoisotopic (exact) mass is 339 g/mol. The van der Waals surface area contributed by atoms with Crippen LogP contribution in [0.4, 0.5) is 5.82 Å². The Bertz CT molecular complexity index is 700. The molecular formula is C19H25N5O. The molecule has 0 radical (unpaired) electrons. The Balaban J connectivity index is 1.08. The molecule has 1 aliphatic carbocycles. The fourth-order valence-electron chi connectivity index (χ4n) is 3.90. The number of likely N-dealkylation sites (tertiary alicyclic amines) is 1. The minimum atomic E-state index is 0.654. The molecule has 3 aliphatic rings. The van der Waals surface area contributed by atoms with E-state index >= 15 is 0 Å². The minimum Gasteiger partial charge on any atom is -0.444 e. The lowest BCUT2D eigenvalue weighted by Gasteiger charge is -2.48. The number of oxazole rings is 1. The molecule has 0 N–H and O–H groups in total. The summed E-state index contributed by atoms with van der Waals surface area (Å²) >= 11 is 0. The molecular weight excluding hydrogens is 314 g/mol. The molecule has 3 fully saturated rings. The minimum absolute atomic E-state index is 0.654. The molecule has 132 valence electrons. The van der Waals surface area contributed by atoms with Crippen molar-refractivity contribution >= 4 is 5.82 Å². The van der Waals surface area contributed by atoms with E-state index in [-0.39, 0.29) is 0 Å². The summed E-state index contributed by atoms with van der Waals surface area (Å²) in [7, 11) is 0. The zero-order chi connectivity index (χ0) is 16.6. The molecule has 0 unspecified atom stereocenters. The number of anilines is 1. The molecule has 0 bridgehead atoms. The topological polar surface area (TPSA) is 48.6 Å². The Morgan fingerprint density at radius 1 is 1.04 bits per heavy atom. The van der Waals surface area contributed by atoms with Crippen LogP contribution in [-0.4, -0.2) is 65.1 Å². The second-order valence-corrected chi connectivity index (χ2v) is 7.49. The summed E-state index contributed by atoms with van der Waals surface area (Å²) in [6, 6.07) is 6.83. The average Bonchev–Trinajstić information content (AvgIpc) is 3.38. The standard InChI is InChI=1S/C19H25N5O/c1-2-6-20-18(3-1)24-9-7-23(8-10-24)16-12-22(13-16)14-19-21-11-17(25-19)15-4-5-15/h1-3,6,11,15-16H,4-5,7-10,12-14H2. The van der Waals surface area contributed by atoms with Gasteiger partial charge >= 0.3 is 0 Å². The van der Waals surface area contributed by atoms with Gasteiger partial charge in [-0.15, -0.1) is 0 Å². The van der Waals surface area contributed by atoms with E-state index in [1.165, 1.54) is 12.8 Å². The maximum Gasteiger partial charge on any atom is 0.208 e. The van der Waals surface area contributed by atoms with E-state index in [1.807, 2.05) is 18.5 Å². The molecule has 2 aromatic rings. The quantitative estimate of drug-likeness (QED) is 0.830. The number of piperazine rings is 1. The van der Waals surface area contributed by atoms with E-state index in [0.29, 0.717) is 12.0 Å². The summed E-state index contributed by atoms with van der Waals surface area (Å²) in [5.41, 5.74) is 0. The van der Waals surface area contributed by atoms with Gasteiger partial charge in [0.15, 0.2) is 0 Å². The lowest BCUT2D eigenvalue weighted by molar-refractivity contribution is 0.0204. The first-order valence-electron chi connectivity index (χ1n) is 9.42. The predicted octanol–water partition coefficient (Wildman–Crippen LogP) is 1.95. The molecule has 4 heterocycles. The lowest BCUT2D eigenvalue weighted by atomic mass is 10.1. The summed E-state index contributed by atoms with van der Waals surface area (Å²) in [6.45, 7) is 7.50. The van der Waals surface area contributed by atoms with E-state index in [2.05, 4.69) is 36.8 Å². The number of aromatic nitrogens is 2. The Kier molecular flexibility index (Phi) is 3.94. The van der Waals surface area contributed by atoms with Crippen LogP contribution in [0.1, 0.15) is 30.4 Å². The van der Waals surface area contributed by atoms with Crippen molar-refractivity contribution in [1.82, 2.24) is 19.8 Å². The van der Waals surface area contributed by atoms with Gasteiger partial charge in [0.05, 0.1) is 12.7 Å². The first-order valence-corrected chi connectivity index (χ1v) is 9.42. The van der Waals surface area contributed by atoms with Gasteiger partial charge in [0.25, 0.3) is 0 Å². The summed E-state index contributed by atoms with van der Waals surface area (Å²) in [5.74, 6) is 3.74. The van der Waals surface area contributed by atoms with E-state index in [1.54, 1.807) is 0 Å². The van der Waals surface area contributed by atoms with Gasteiger partial charge in [-0.3, -0.25) is 9.80 Å². The molecule has 2 aliphatic heterocycles. The Hall–Kier alpha value is -1.92. The van der Waals surface area contributed by atoms with E-state index in [4.69, 9.17) is 4.42 Å². The fourth-order valence-corrected chi connectivity index (χ4v) is 3.90. The fraction of sp³-hybridized carbons (Fsp3) is 0.579. The van der Waals surface area contributed by atoms with Gasteiger partial charge in [0.1, 0.15) is 11.6 Å². The lowest BCUT2D eigenvalue weighted by Crippen LogP contribution is -2.62. The van der Waals surface area contributed by atoms with Crippen molar-refractivity contribution in [1.29, 1.82) is 0 Å². The highest BCUT2D eigenvalue weighted by Gasteiger charge is 2.34. The average molecular weight is 339 g/mol. The van der Waals surface area contributed by atoms with Crippen molar-refractivity contribution in [3.63, 3.8) is 0 Å². The number of hydrogen-bond donors (Lipinski definition) is 0. The molecule has 5 rings (SSSR count). The smallest absolute Gasteiger partial charge is 0.208 e. The summed E-state index contributed by atoms with van der Waals surface area (Å²) in [6.07, 6.45) is 6.35. The van der Waals surface area contributed by atoms with Gasteiger partial charge in [0.2, 0.25) is 5.89 Å². The molecule has 2 aromatic heterocycles. The molecule has 1 saturated carbocycles. The first kappa shape index (κ1) is 15.3. The maximum atomic E-state index is 5.88. The maximum absolute atomic E-state index is 5.88. The zero-order valence-corrected chi connectivity index (χ0v) is 14.5. The number of hydrogen-bond acceptors (Lipinski definition) is 6. The third-order valence-corrected chi connectivity index (χ3v) is 5.65. The van der Waals surface area contributed by atoms with Crippen molar-refractivity contribution in [2.24, 2.45) is 0 Å². The van der Waals surface area contributed by atoms with Gasteiger partial charge in [0, 0.05) is 57.4 Å². The number of nitrogens with zero attached hydrogens (tertiary/aromatic N) is 5. The van der Waals surface area contributed by atoms with Crippen molar-refractivity contribution in [3.8, 4) is 0 Å². The molecule has 0 atom stereocenters. The van der Waals surface area contributed by atoms with Crippen molar-refractivity contribution < 1.29 is 4.42 Å². The van der Waals surface area contributed by atoms with Crippen LogP contribution < -0.4 is 4.90 Å². The normalized spacial score (nSPS) is 23.0. The highest BCUT2D eigenvalue weighted by Crippen LogP contribution is 2.40. The molecule has 0 spiro atoms.